The Labute approximate surface area is 169 Å². The van der Waals surface area contributed by atoms with Crippen LogP contribution in [0.5, 0.6) is 0 Å². The number of carbonyl (C=O) groups is 1. The van der Waals surface area contributed by atoms with Crippen molar-refractivity contribution >= 4 is 43.9 Å². The molecule has 0 spiro atoms. The van der Waals surface area contributed by atoms with Crippen LogP contribution < -0.4 is 10.6 Å². The highest BCUT2D eigenvalue weighted by Gasteiger charge is 2.23. The van der Waals surface area contributed by atoms with Crippen LogP contribution in [-0.4, -0.2) is 31.8 Å². The number of hydrogen-bond acceptors (Lipinski definition) is 4. The Bertz CT molecular complexity index is 1070. The van der Waals surface area contributed by atoms with Crippen molar-refractivity contribution in [2.45, 2.75) is 24.6 Å². The molecule has 2 N–H and O–H groups in total. The molecule has 0 saturated carbocycles. The lowest BCUT2D eigenvalue weighted by Crippen LogP contribution is -2.30. The predicted octanol–water partition coefficient (Wildman–Crippen LogP) is 4.25. The monoisotopic (exact) mass is 417 g/mol. The largest absolute Gasteiger partial charge is 0.333 e. The third-order valence-corrected chi connectivity index (χ3v) is 8.00. The van der Waals surface area contributed by atoms with Gasteiger partial charge in [-0.15, -0.1) is 11.3 Å². The Balaban J connectivity index is 1.65. The van der Waals surface area contributed by atoms with Gasteiger partial charge in [0.15, 0.2) is 0 Å². The van der Waals surface area contributed by atoms with Gasteiger partial charge in [-0.05, 0) is 23.6 Å². The lowest BCUT2D eigenvalue weighted by atomic mass is 10.1. The molecular formula is C20H23N3O3S2. The van der Waals surface area contributed by atoms with Gasteiger partial charge in [-0.1, -0.05) is 50.2 Å². The number of nitrogens with one attached hydrogen (secondary N) is 2. The molecule has 0 aliphatic heterocycles. The number of thiophene rings is 1. The van der Waals surface area contributed by atoms with Crippen molar-refractivity contribution in [3.8, 4) is 0 Å². The zero-order valence-corrected chi connectivity index (χ0v) is 17.4. The van der Waals surface area contributed by atoms with E-state index in [1.54, 1.807) is 12.1 Å². The number of nitrogens with zero attached hydrogens (tertiary/aromatic N) is 1. The van der Waals surface area contributed by atoms with E-state index in [1.807, 2.05) is 56.3 Å². The maximum Gasteiger partial charge on any atom is 0.319 e. The molecule has 0 fully saturated rings. The van der Waals surface area contributed by atoms with Crippen LogP contribution in [0.3, 0.4) is 0 Å². The van der Waals surface area contributed by atoms with E-state index >= 15 is 0 Å². The van der Waals surface area contributed by atoms with Crippen LogP contribution in [0.25, 0.3) is 10.8 Å². The van der Waals surface area contributed by atoms with Crippen LogP contribution in [0.1, 0.15) is 18.7 Å². The van der Waals surface area contributed by atoms with Crippen LogP contribution in [0.15, 0.2) is 58.8 Å². The molecule has 0 bridgehead atoms. The lowest BCUT2D eigenvalue weighted by Gasteiger charge is -2.16. The molecule has 2 aromatic carbocycles. The number of urea groups is 1. The van der Waals surface area contributed by atoms with E-state index in [2.05, 4.69) is 10.6 Å². The van der Waals surface area contributed by atoms with Crippen LogP contribution in [0.4, 0.5) is 10.5 Å². The average molecular weight is 418 g/mol. The summed E-state index contributed by atoms with van der Waals surface area (Å²) in [5.74, 6) is 0. The highest BCUT2D eigenvalue weighted by molar-refractivity contribution is 7.91. The number of sulfonamides is 1. The third-order valence-electron chi connectivity index (χ3n) is 4.40. The molecule has 1 aromatic heterocycles. The lowest BCUT2D eigenvalue weighted by molar-refractivity contribution is 0.252. The summed E-state index contributed by atoms with van der Waals surface area (Å²) in [6.45, 7) is 4.74. The fraction of sp³-hybridized carbons (Fsp3) is 0.250. The number of carbonyl (C=O) groups excluding carboxylic acids is 1. The SMILES string of the molecule is CCN(CC)S(=O)(=O)c1ccc(CNC(=O)Nc2cccc3ccccc23)s1. The Morgan fingerprint density at radius 2 is 1.71 bits per heavy atom. The first-order chi connectivity index (χ1) is 13.5. The van der Waals surface area contributed by atoms with E-state index in [0.29, 0.717) is 17.3 Å². The molecule has 0 unspecified atom stereocenters. The fourth-order valence-electron chi connectivity index (χ4n) is 2.95. The van der Waals surface area contributed by atoms with Crippen molar-refractivity contribution in [1.82, 2.24) is 9.62 Å². The zero-order chi connectivity index (χ0) is 20.1. The van der Waals surface area contributed by atoms with E-state index < -0.39 is 10.0 Å². The number of benzene rings is 2. The Morgan fingerprint density at radius 3 is 2.46 bits per heavy atom. The molecule has 0 aliphatic rings. The first-order valence-corrected chi connectivity index (χ1v) is 11.3. The van der Waals surface area contributed by atoms with Gasteiger partial charge in [0.25, 0.3) is 10.0 Å². The highest BCUT2D eigenvalue weighted by atomic mass is 32.2. The molecule has 1 heterocycles. The number of anilines is 1. The van der Waals surface area contributed by atoms with E-state index in [4.69, 9.17) is 0 Å². The van der Waals surface area contributed by atoms with Crippen molar-refractivity contribution in [3.63, 3.8) is 0 Å². The standard InChI is InChI=1S/C20H23N3O3S2/c1-3-23(4-2)28(25,26)19-13-12-16(27-19)14-21-20(24)22-18-11-7-9-15-8-5-6-10-17(15)18/h5-13H,3-4,14H2,1-2H3,(H2,21,22,24). The van der Waals surface area contributed by atoms with Crippen molar-refractivity contribution in [3.05, 3.63) is 59.5 Å². The topological polar surface area (TPSA) is 78.5 Å². The summed E-state index contributed by atoms with van der Waals surface area (Å²) in [5, 5.41) is 7.65. The van der Waals surface area contributed by atoms with Gasteiger partial charge in [-0.25, -0.2) is 13.2 Å². The molecule has 8 heteroatoms. The van der Waals surface area contributed by atoms with Crippen LogP contribution >= 0.6 is 11.3 Å². The number of fused-ring (bicyclic) bond motifs is 1. The minimum Gasteiger partial charge on any atom is -0.333 e. The fourth-order valence-corrected chi connectivity index (χ4v) is 5.86. The third kappa shape index (κ3) is 4.35. The smallest absolute Gasteiger partial charge is 0.319 e. The summed E-state index contributed by atoms with van der Waals surface area (Å²) in [6.07, 6.45) is 0. The second kappa shape index (κ2) is 8.72. The molecule has 0 saturated heterocycles. The first kappa shape index (κ1) is 20.3. The molecule has 6 nitrogen and oxygen atoms in total. The maximum atomic E-state index is 12.5. The average Bonchev–Trinajstić information content (AvgIpc) is 3.17. The zero-order valence-electron chi connectivity index (χ0n) is 15.8. The normalized spacial score (nSPS) is 11.7. The summed E-state index contributed by atoms with van der Waals surface area (Å²) in [4.78, 5) is 13.1. The van der Waals surface area contributed by atoms with E-state index in [0.717, 1.165) is 21.3 Å². The summed E-state index contributed by atoms with van der Waals surface area (Å²) in [5.41, 5.74) is 0.728. The van der Waals surface area contributed by atoms with Crippen LogP contribution in [-0.2, 0) is 16.6 Å². The molecule has 28 heavy (non-hydrogen) atoms. The van der Waals surface area contributed by atoms with Gasteiger partial charge >= 0.3 is 6.03 Å². The van der Waals surface area contributed by atoms with E-state index in [1.165, 1.54) is 15.6 Å². The molecule has 0 aliphatic carbocycles. The van der Waals surface area contributed by atoms with Crippen molar-refractivity contribution in [2.75, 3.05) is 18.4 Å². The summed E-state index contributed by atoms with van der Waals surface area (Å²) < 4.78 is 26.8. The summed E-state index contributed by atoms with van der Waals surface area (Å²) in [6, 6.07) is 16.5. The first-order valence-electron chi connectivity index (χ1n) is 9.07. The molecule has 0 atom stereocenters. The Morgan fingerprint density at radius 1 is 1.00 bits per heavy atom. The minimum atomic E-state index is -3.47. The molecule has 2 amide bonds. The summed E-state index contributed by atoms with van der Waals surface area (Å²) >= 11 is 1.18. The number of hydrogen-bond donors (Lipinski definition) is 2. The van der Waals surface area contributed by atoms with Gasteiger partial charge in [0.2, 0.25) is 0 Å². The molecule has 0 radical (unpaired) electrons. The molecular weight excluding hydrogens is 394 g/mol. The minimum absolute atomic E-state index is 0.259. The maximum absolute atomic E-state index is 12.5. The van der Waals surface area contributed by atoms with Gasteiger partial charge < -0.3 is 10.6 Å². The van der Waals surface area contributed by atoms with Crippen LogP contribution in [0, 0.1) is 0 Å². The Hall–Kier alpha value is -2.42. The number of rotatable bonds is 7. The van der Waals surface area contributed by atoms with Crippen molar-refractivity contribution in [2.24, 2.45) is 0 Å². The van der Waals surface area contributed by atoms with Gasteiger partial charge in [0.05, 0.1) is 12.2 Å². The highest BCUT2D eigenvalue weighted by Crippen LogP contribution is 2.25. The Kier molecular flexibility index (Phi) is 6.33. The van der Waals surface area contributed by atoms with Crippen molar-refractivity contribution in [1.29, 1.82) is 0 Å². The second-order valence-corrected chi connectivity index (χ2v) is 9.48. The van der Waals surface area contributed by atoms with Crippen molar-refractivity contribution < 1.29 is 13.2 Å². The summed E-state index contributed by atoms with van der Waals surface area (Å²) in [7, 11) is -3.47. The van der Waals surface area contributed by atoms with E-state index in [9.17, 15) is 13.2 Å². The van der Waals surface area contributed by atoms with Gasteiger partial charge in [-0.2, -0.15) is 4.31 Å². The molecule has 148 valence electrons. The second-order valence-electron chi connectivity index (χ2n) is 6.14. The van der Waals surface area contributed by atoms with E-state index in [-0.39, 0.29) is 12.6 Å². The quantitative estimate of drug-likeness (QED) is 0.603. The number of amides is 2. The molecule has 3 aromatic rings. The van der Waals surface area contributed by atoms with Crippen LogP contribution in [0.2, 0.25) is 0 Å². The van der Waals surface area contributed by atoms with Gasteiger partial charge in [-0.3, -0.25) is 0 Å². The predicted molar refractivity (Wildman–Crippen MR) is 114 cm³/mol. The molecule has 3 rings (SSSR count). The van der Waals surface area contributed by atoms with Gasteiger partial charge in [0, 0.05) is 23.4 Å². The van der Waals surface area contributed by atoms with Gasteiger partial charge in [0.1, 0.15) is 4.21 Å².